The Kier molecular flexibility index (Phi) is 2.70. The molecule has 6 nitrogen and oxygen atoms in total. The maximum Gasteiger partial charge on any atom is 0.230 e. The molecule has 102 valence electrons. The lowest BCUT2D eigenvalue weighted by atomic mass is 9.72. The van der Waals surface area contributed by atoms with Crippen LogP contribution >= 0.6 is 0 Å². The molecule has 1 unspecified atom stereocenters. The number of amides is 1. The lowest BCUT2D eigenvalue weighted by Gasteiger charge is -2.52. The summed E-state index contributed by atoms with van der Waals surface area (Å²) in [4.78, 5) is 22.8. The number of hydrogen-bond acceptors (Lipinski definition) is 5. The van der Waals surface area contributed by atoms with Crippen molar-refractivity contribution < 1.29 is 9.90 Å². The highest BCUT2D eigenvalue weighted by Gasteiger charge is 2.52. The maximum atomic E-state index is 12.0. The summed E-state index contributed by atoms with van der Waals surface area (Å²) >= 11 is 0. The van der Waals surface area contributed by atoms with E-state index in [1.807, 2.05) is 13.8 Å². The van der Waals surface area contributed by atoms with Crippen molar-refractivity contribution in [1.82, 2.24) is 15.3 Å². The molecule has 1 spiro atoms. The molecular weight excluding hydrogens is 244 g/mol. The Balaban J connectivity index is 1.78. The third kappa shape index (κ3) is 1.96. The second kappa shape index (κ2) is 4.16. The number of piperidine rings is 1. The van der Waals surface area contributed by atoms with Crippen LogP contribution in [0.4, 0.5) is 5.82 Å². The number of hydrogen-bond donors (Lipinski definition) is 2. The van der Waals surface area contributed by atoms with E-state index >= 15 is 0 Å². The molecule has 2 saturated heterocycles. The van der Waals surface area contributed by atoms with Crippen LogP contribution in [0.3, 0.4) is 0 Å². The van der Waals surface area contributed by atoms with E-state index in [4.69, 9.17) is 0 Å². The fourth-order valence-corrected chi connectivity index (χ4v) is 2.95. The Bertz CT molecular complexity index is 525. The molecule has 0 aromatic carbocycles. The zero-order chi connectivity index (χ0) is 13.6. The van der Waals surface area contributed by atoms with Crippen LogP contribution in [0.25, 0.3) is 0 Å². The molecule has 2 fully saturated rings. The maximum absolute atomic E-state index is 12.0. The SMILES string of the molecule is Cc1cnc(C)c(N2CC3(CC(O)CNC3=O)C2)n1. The van der Waals surface area contributed by atoms with Gasteiger partial charge < -0.3 is 15.3 Å². The highest BCUT2D eigenvalue weighted by atomic mass is 16.3. The number of aromatic nitrogens is 2. The molecule has 1 aromatic rings. The third-order valence-electron chi connectivity index (χ3n) is 3.94. The molecule has 19 heavy (non-hydrogen) atoms. The second-order valence-corrected chi connectivity index (χ2v) is 5.62. The van der Waals surface area contributed by atoms with Gasteiger partial charge in [0.05, 0.1) is 22.9 Å². The van der Waals surface area contributed by atoms with Gasteiger partial charge in [-0.05, 0) is 20.3 Å². The van der Waals surface area contributed by atoms with E-state index < -0.39 is 11.5 Å². The summed E-state index contributed by atoms with van der Waals surface area (Å²) in [5.74, 6) is 0.894. The molecule has 1 amide bonds. The predicted molar refractivity (Wildman–Crippen MR) is 69.8 cm³/mol. The highest BCUT2D eigenvalue weighted by Crippen LogP contribution is 2.40. The zero-order valence-electron chi connectivity index (χ0n) is 11.2. The van der Waals surface area contributed by atoms with Crippen LogP contribution in [0.1, 0.15) is 17.8 Å². The van der Waals surface area contributed by atoms with Crippen LogP contribution in [-0.2, 0) is 4.79 Å². The van der Waals surface area contributed by atoms with Crippen LogP contribution in [0.5, 0.6) is 0 Å². The van der Waals surface area contributed by atoms with E-state index in [0.717, 1.165) is 17.2 Å². The van der Waals surface area contributed by atoms with Crippen molar-refractivity contribution in [3.05, 3.63) is 17.6 Å². The summed E-state index contributed by atoms with van der Waals surface area (Å²) in [7, 11) is 0. The minimum Gasteiger partial charge on any atom is -0.391 e. The minimum atomic E-state index is -0.449. The summed E-state index contributed by atoms with van der Waals surface area (Å²) in [5.41, 5.74) is 1.29. The minimum absolute atomic E-state index is 0.0484. The van der Waals surface area contributed by atoms with Gasteiger partial charge in [0.25, 0.3) is 0 Å². The van der Waals surface area contributed by atoms with Gasteiger partial charge in [-0.2, -0.15) is 0 Å². The van der Waals surface area contributed by atoms with Crippen molar-refractivity contribution in [3.63, 3.8) is 0 Å². The van der Waals surface area contributed by atoms with E-state index in [1.54, 1.807) is 6.20 Å². The Morgan fingerprint density at radius 2 is 2.21 bits per heavy atom. The fourth-order valence-electron chi connectivity index (χ4n) is 2.95. The smallest absolute Gasteiger partial charge is 0.230 e. The van der Waals surface area contributed by atoms with Crippen LogP contribution < -0.4 is 10.2 Å². The molecule has 3 rings (SSSR count). The van der Waals surface area contributed by atoms with Gasteiger partial charge in [-0.15, -0.1) is 0 Å². The van der Waals surface area contributed by atoms with Crippen molar-refractivity contribution in [2.75, 3.05) is 24.5 Å². The van der Waals surface area contributed by atoms with Gasteiger partial charge in [0.1, 0.15) is 5.82 Å². The summed E-state index contributed by atoms with van der Waals surface area (Å²) in [6.07, 6.45) is 1.84. The zero-order valence-corrected chi connectivity index (χ0v) is 11.2. The molecule has 6 heteroatoms. The van der Waals surface area contributed by atoms with Gasteiger partial charge in [-0.1, -0.05) is 0 Å². The van der Waals surface area contributed by atoms with E-state index in [-0.39, 0.29) is 5.91 Å². The van der Waals surface area contributed by atoms with Gasteiger partial charge in [0.15, 0.2) is 0 Å². The van der Waals surface area contributed by atoms with Crippen molar-refractivity contribution >= 4 is 11.7 Å². The van der Waals surface area contributed by atoms with Crippen molar-refractivity contribution in [1.29, 1.82) is 0 Å². The Morgan fingerprint density at radius 1 is 1.47 bits per heavy atom. The molecule has 0 saturated carbocycles. The predicted octanol–water partition coefficient (Wildman–Crippen LogP) is -0.219. The lowest BCUT2D eigenvalue weighted by molar-refractivity contribution is -0.139. The van der Waals surface area contributed by atoms with E-state index in [9.17, 15) is 9.90 Å². The molecule has 2 aliphatic heterocycles. The molecule has 1 aromatic heterocycles. The van der Waals surface area contributed by atoms with Gasteiger partial charge in [-0.25, -0.2) is 4.98 Å². The van der Waals surface area contributed by atoms with Gasteiger partial charge in [0, 0.05) is 25.8 Å². The van der Waals surface area contributed by atoms with E-state index in [0.29, 0.717) is 26.1 Å². The van der Waals surface area contributed by atoms with Gasteiger partial charge >= 0.3 is 0 Å². The second-order valence-electron chi connectivity index (χ2n) is 5.62. The first-order valence-corrected chi connectivity index (χ1v) is 6.52. The topological polar surface area (TPSA) is 78.4 Å². The number of aliphatic hydroxyl groups is 1. The third-order valence-corrected chi connectivity index (χ3v) is 3.94. The normalized spacial score (nSPS) is 25.1. The molecule has 1 atom stereocenters. The number of aliphatic hydroxyl groups excluding tert-OH is 1. The van der Waals surface area contributed by atoms with Crippen LogP contribution in [0, 0.1) is 19.3 Å². The standard InChI is InChI=1S/C13H18N4O2/c1-8-4-14-9(2)11(16-8)17-6-13(7-17)3-10(18)5-15-12(13)19/h4,10,18H,3,5-7H2,1-2H3,(H,15,19). The lowest BCUT2D eigenvalue weighted by Crippen LogP contribution is -2.68. The Hall–Kier alpha value is -1.69. The fraction of sp³-hybridized carbons (Fsp3) is 0.615. The number of nitrogens with zero attached hydrogens (tertiary/aromatic N) is 3. The summed E-state index contributed by atoms with van der Waals surface area (Å²) in [6.45, 7) is 5.40. The molecule has 0 aliphatic carbocycles. The summed E-state index contributed by atoms with van der Waals surface area (Å²) < 4.78 is 0. The van der Waals surface area contributed by atoms with E-state index in [2.05, 4.69) is 20.2 Å². The molecule has 2 aliphatic rings. The first-order chi connectivity index (χ1) is 9.00. The number of anilines is 1. The largest absolute Gasteiger partial charge is 0.391 e. The number of nitrogens with one attached hydrogen (secondary N) is 1. The number of carbonyl (C=O) groups excluding carboxylic acids is 1. The Morgan fingerprint density at radius 3 is 2.95 bits per heavy atom. The van der Waals surface area contributed by atoms with Crippen molar-refractivity contribution in [2.45, 2.75) is 26.4 Å². The summed E-state index contributed by atoms with van der Waals surface area (Å²) in [5, 5.41) is 12.5. The van der Waals surface area contributed by atoms with Gasteiger partial charge in [-0.3, -0.25) is 9.78 Å². The van der Waals surface area contributed by atoms with Crippen LogP contribution in [0.2, 0.25) is 0 Å². The quantitative estimate of drug-likeness (QED) is 0.731. The first kappa shape index (κ1) is 12.3. The monoisotopic (exact) mass is 262 g/mol. The number of carbonyl (C=O) groups is 1. The van der Waals surface area contributed by atoms with Gasteiger partial charge in [0.2, 0.25) is 5.91 Å². The molecule has 3 heterocycles. The average molecular weight is 262 g/mol. The molecule has 0 radical (unpaired) electrons. The summed E-state index contributed by atoms with van der Waals surface area (Å²) in [6, 6.07) is 0. The Labute approximate surface area is 111 Å². The van der Waals surface area contributed by atoms with E-state index in [1.165, 1.54) is 0 Å². The highest BCUT2D eigenvalue weighted by molar-refractivity contribution is 5.87. The molecular formula is C13H18N4O2. The first-order valence-electron chi connectivity index (χ1n) is 6.52. The van der Waals surface area contributed by atoms with Crippen molar-refractivity contribution in [2.24, 2.45) is 5.41 Å². The number of β-amino-alcohol motifs (C(OH)–C–C–N with tert-alkyl or cyclic N) is 1. The number of aryl methyl sites for hydroxylation is 2. The average Bonchev–Trinajstić information content (AvgIpc) is 2.33. The van der Waals surface area contributed by atoms with Crippen LogP contribution in [0.15, 0.2) is 6.20 Å². The van der Waals surface area contributed by atoms with Crippen molar-refractivity contribution in [3.8, 4) is 0 Å². The van der Waals surface area contributed by atoms with Crippen LogP contribution in [-0.4, -0.2) is 46.7 Å². The molecule has 0 bridgehead atoms. The number of rotatable bonds is 1. The molecule has 2 N–H and O–H groups in total.